The number of aliphatic hydroxyl groups is 2. The summed E-state index contributed by atoms with van der Waals surface area (Å²) in [7, 11) is 0. The Kier molecular flexibility index (Phi) is 3.44. The first-order valence-corrected chi connectivity index (χ1v) is 5.67. The Morgan fingerprint density at radius 1 is 1.20 bits per heavy atom. The van der Waals surface area contributed by atoms with Gasteiger partial charge in [-0.15, -0.1) is 0 Å². The van der Waals surface area contributed by atoms with Crippen molar-refractivity contribution >= 4 is 0 Å². The third-order valence-electron chi connectivity index (χ3n) is 3.34. The van der Waals surface area contributed by atoms with Crippen molar-refractivity contribution in [2.45, 2.75) is 44.3 Å². The van der Waals surface area contributed by atoms with E-state index < -0.39 is 12.2 Å². The van der Waals surface area contributed by atoms with Gasteiger partial charge in [-0.25, -0.2) is 0 Å². The predicted molar refractivity (Wildman–Crippen MR) is 56.2 cm³/mol. The van der Waals surface area contributed by atoms with Crippen molar-refractivity contribution in [2.75, 3.05) is 0 Å². The van der Waals surface area contributed by atoms with Gasteiger partial charge in [-0.05, 0) is 24.8 Å². The lowest BCUT2D eigenvalue weighted by Crippen LogP contribution is -2.29. The lowest BCUT2D eigenvalue weighted by atomic mass is 9.82. The van der Waals surface area contributed by atoms with Gasteiger partial charge in [0.05, 0.1) is 18.6 Å². The van der Waals surface area contributed by atoms with E-state index in [1.54, 1.807) is 6.07 Å². The van der Waals surface area contributed by atoms with E-state index >= 15 is 0 Å². The van der Waals surface area contributed by atoms with E-state index in [9.17, 15) is 10.2 Å². The second-order valence-electron chi connectivity index (χ2n) is 4.39. The Morgan fingerprint density at radius 2 is 1.93 bits per heavy atom. The molecule has 0 unspecified atom stereocenters. The number of rotatable bonds is 3. The topological polar surface area (TPSA) is 53.6 Å². The fourth-order valence-electron chi connectivity index (χ4n) is 2.37. The standard InChI is InChI=1S/C12H18O3/c13-11(9-4-2-1-3-5-9)12(14)10-6-7-15-8-10/h6-9,11-14H,1-5H2/t11-,12-/m1/s1. The van der Waals surface area contributed by atoms with Gasteiger partial charge in [0.1, 0.15) is 6.10 Å². The van der Waals surface area contributed by atoms with Gasteiger partial charge in [0.25, 0.3) is 0 Å². The summed E-state index contributed by atoms with van der Waals surface area (Å²) in [5, 5.41) is 19.9. The Hall–Kier alpha value is -0.800. The van der Waals surface area contributed by atoms with Gasteiger partial charge in [-0.1, -0.05) is 19.3 Å². The minimum absolute atomic E-state index is 0.239. The van der Waals surface area contributed by atoms with E-state index in [0.717, 1.165) is 12.8 Å². The number of hydrogen-bond acceptors (Lipinski definition) is 3. The molecular formula is C12H18O3. The zero-order valence-corrected chi connectivity index (χ0v) is 8.80. The van der Waals surface area contributed by atoms with Gasteiger partial charge in [0, 0.05) is 5.56 Å². The van der Waals surface area contributed by atoms with Gasteiger partial charge in [0.15, 0.2) is 0 Å². The lowest BCUT2D eigenvalue weighted by Gasteiger charge is -2.29. The zero-order valence-electron chi connectivity index (χ0n) is 8.80. The highest BCUT2D eigenvalue weighted by Gasteiger charge is 2.28. The van der Waals surface area contributed by atoms with Crippen LogP contribution in [0.3, 0.4) is 0 Å². The Labute approximate surface area is 89.7 Å². The molecule has 1 aromatic heterocycles. The second-order valence-corrected chi connectivity index (χ2v) is 4.39. The Morgan fingerprint density at radius 3 is 2.53 bits per heavy atom. The van der Waals surface area contributed by atoms with E-state index in [0.29, 0.717) is 5.56 Å². The molecular weight excluding hydrogens is 192 g/mol. The van der Waals surface area contributed by atoms with E-state index in [1.165, 1.54) is 31.8 Å². The van der Waals surface area contributed by atoms with Gasteiger partial charge >= 0.3 is 0 Å². The molecule has 0 saturated heterocycles. The van der Waals surface area contributed by atoms with Crippen molar-refractivity contribution in [3.63, 3.8) is 0 Å². The van der Waals surface area contributed by atoms with Crippen molar-refractivity contribution in [3.05, 3.63) is 24.2 Å². The number of aliphatic hydroxyl groups excluding tert-OH is 2. The van der Waals surface area contributed by atoms with Crippen LogP contribution in [0.2, 0.25) is 0 Å². The molecule has 2 atom stereocenters. The molecule has 84 valence electrons. The maximum absolute atomic E-state index is 10.0. The molecule has 1 heterocycles. The van der Waals surface area contributed by atoms with Crippen LogP contribution in [0.1, 0.15) is 43.8 Å². The zero-order chi connectivity index (χ0) is 10.7. The number of hydrogen-bond donors (Lipinski definition) is 2. The van der Waals surface area contributed by atoms with Gasteiger partial charge in [0.2, 0.25) is 0 Å². The molecule has 0 radical (unpaired) electrons. The minimum Gasteiger partial charge on any atom is -0.472 e. The van der Waals surface area contributed by atoms with Crippen LogP contribution in [0.5, 0.6) is 0 Å². The summed E-state index contributed by atoms with van der Waals surface area (Å²) in [5.41, 5.74) is 0.674. The van der Waals surface area contributed by atoms with Crippen molar-refractivity contribution in [1.29, 1.82) is 0 Å². The molecule has 2 N–H and O–H groups in total. The molecule has 0 spiro atoms. The van der Waals surface area contributed by atoms with Crippen LogP contribution in [-0.4, -0.2) is 16.3 Å². The van der Waals surface area contributed by atoms with Crippen molar-refractivity contribution < 1.29 is 14.6 Å². The van der Waals surface area contributed by atoms with Crippen LogP contribution in [0.25, 0.3) is 0 Å². The fourth-order valence-corrected chi connectivity index (χ4v) is 2.37. The largest absolute Gasteiger partial charge is 0.472 e. The first-order valence-electron chi connectivity index (χ1n) is 5.67. The quantitative estimate of drug-likeness (QED) is 0.804. The molecule has 1 saturated carbocycles. The molecule has 2 rings (SSSR count). The first-order chi connectivity index (χ1) is 7.29. The highest BCUT2D eigenvalue weighted by molar-refractivity contribution is 5.11. The van der Waals surface area contributed by atoms with Crippen LogP contribution >= 0.6 is 0 Å². The van der Waals surface area contributed by atoms with Gasteiger partial charge < -0.3 is 14.6 Å². The summed E-state index contributed by atoms with van der Waals surface area (Å²) in [5.74, 6) is 0.239. The summed E-state index contributed by atoms with van der Waals surface area (Å²) in [4.78, 5) is 0. The van der Waals surface area contributed by atoms with Gasteiger partial charge in [-0.2, -0.15) is 0 Å². The second kappa shape index (κ2) is 4.81. The van der Waals surface area contributed by atoms with Crippen molar-refractivity contribution in [2.24, 2.45) is 5.92 Å². The maximum atomic E-state index is 10.0. The summed E-state index contributed by atoms with van der Waals surface area (Å²) >= 11 is 0. The third kappa shape index (κ3) is 2.41. The van der Waals surface area contributed by atoms with Crippen LogP contribution in [0.4, 0.5) is 0 Å². The Bertz CT molecular complexity index is 275. The molecule has 0 aromatic carbocycles. The third-order valence-corrected chi connectivity index (χ3v) is 3.34. The van der Waals surface area contributed by atoms with E-state index in [4.69, 9.17) is 4.42 Å². The SMILES string of the molecule is O[C@H](c1ccoc1)[C@H](O)C1CCCCC1. The molecule has 1 aromatic rings. The molecule has 15 heavy (non-hydrogen) atoms. The van der Waals surface area contributed by atoms with Crippen LogP contribution in [0.15, 0.2) is 23.0 Å². The molecule has 3 nitrogen and oxygen atoms in total. The van der Waals surface area contributed by atoms with E-state index in [-0.39, 0.29) is 5.92 Å². The van der Waals surface area contributed by atoms with Gasteiger partial charge in [-0.3, -0.25) is 0 Å². The highest BCUT2D eigenvalue weighted by Crippen LogP contribution is 2.32. The molecule has 0 bridgehead atoms. The fraction of sp³-hybridized carbons (Fsp3) is 0.667. The minimum atomic E-state index is -0.799. The first kappa shape index (κ1) is 10.7. The predicted octanol–water partition coefficient (Wildman–Crippen LogP) is 2.25. The van der Waals surface area contributed by atoms with E-state index in [1.807, 2.05) is 0 Å². The maximum Gasteiger partial charge on any atom is 0.108 e. The van der Waals surface area contributed by atoms with E-state index in [2.05, 4.69) is 0 Å². The molecule has 0 aliphatic heterocycles. The summed E-state index contributed by atoms with van der Waals surface area (Å²) < 4.78 is 4.90. The molecule has 3 heteroatoms. The smallest absolute Gasteiger partial charge is 0.108 e. The molecule has 0 amide bonds. The normalized spacial score (nSPS) is 22.5. The molecule has 1 fully saturated rings. The van der Waals surface area contributed by atoms with Crippen LogP contribution < -0.4 is 0 Å². The highest BCUT2D eigenvalue weighted by atomic mass is 16.3. The van der Waals surface area contributed by atoms with Crippen LogP contribution in [0, 0.1) is 5.92 Å². The lowest BCUT2D eigenvalue weighted by molar-refractivity contribution is -0.0288. The molecule has 1 aliphatic carbocycles. The van der Waals surface area contributed by atoms with Crippen molar-refractivity contribution in [3.8, 4) is 0 Å². The van der Waals surface area contributed by atoms with Crippen LogP contribution in [-0.2, 0) is 0 Å². The Balaban J connectivity index is 1.97. The summed E-state index contributed by atoms with van der Waals surface area (Å²) in [6, 6.07) is 1.71. The van der Waals surface area contributed by atoms with Crippen molar-refractivity contribution in [1.82, 2.24) is 0 Å². The summed E-state index contributed by atoms with van der Waals surface area (Å²) in [6.07, 6.45) is 7.20. The monoisotopic (exact) mass is 210 g/mol. The number of furan rings is 1. The molecule has 1 aliphatic rings. The average molecular weight is 210 g/mol. The average Bonchev–Trinajstić information content (AvgIpc) is 2.82. The summed E-state index contributed by atoms with van der Waals surface area (Å²) in [6.45, 7) is 0.